The Labute approximate surface area is 133 Å². The van der Waals surface area contributed by atoms with Gasteiger partial charge in [-0.15, -0.1) is 11.3 Å². The lowest BCUT2D eigenvalue weighted by Gasteiger charge is -2.17. The van der Waals surface area contributed by atoms with Crippen LogP contribution in [0.25, 0.3) is 11.3 Å². The van der Waals surface area contributed by atoms with Crippen LogP contribution < -0.4 is 0 Å². The van der Waals surface area contributed by atoms with E-state index in [1.165, 1.54) is 0 Å². The minimum absolute atomic E-state index is 0.391. The summed E-state index contributed by atoms with van der Waals surface area (Å²) < 4.78 is 0. The van der Waals surface area contributed by atoms with E-state index in [1.807, 2.05) is 41.6 Å². The molecular weight excluding hydrogens is 308 g/mol. The van der Waals surface area contributed by atoms with Crippen LogP contribution in [0.3, 0.4) is 0 Å². The molecule has 6 heteroatoms. The number of nitrogens with zero attached hydrogens (tertiary/aromatic N) is 2. The Bertz CT molecular complexity index is 630. The van der Waals surface area contributed by atoms with Gasteiger partial charge in [-0.1, -0.05) is 36.7 Å². The molecule has 0 saturated heterocycles. The van der Waals surface area contributed by atoms with Gasteiger partial charge in [0, 0.05) is 22.5 Å². The highest BCUT2D eigenvalue weighted by molar-refractivity contribution is 7.09. The van der Waals surface area contributed by atoms with Gasteiger partial charge in [-0.25, -0.2) is 4.98 Å². The summed E-state index contributed by atoms with van der Waals surface area (Å²) in [7, 11) is 1.90. The lowest BCUT2D eigenvalue weighted by atomic mass is 10.2. The first-order valence-electron chi connectivity index (χ1n) is 6.58. The smallest absolute Gasteiger partial charge is 0.307 e. The summed E-state index contributed by atoms with van der Waals surface area (Å²) in [6.07, 6.45) is 0. The lowest BCUT2D eigenvalue weighted by molar-refractivity contribution is -0.141. The van der Waals surface area contributed by atoms with Crippen LogP contribution in [0.1, 0.15) is 11.9 Å². The van der Waals surface area contributed by atoms with Crippen molar-refractivity contribution in [2.24, 2.45) is 5.92 Å². The number of rotatable bonds is 6. The zero-order valence-corrected chi connectivity index (χ0v) is 13.5. The molecule has 0 bridgehead atoms. The topological polar surface area (TPSA) is 53.4 Å². The fourth-order valence-corrected chi connectivity index (χ4v) is 3.12. The van der Waals surface area contributed by atoms with Crippen molar-refractivity contribution in [2.75, 3.05) is 13.6 Å². The van der Waals surface area contributed by atoms with Crippen LogP contribution in [-0.2, 0) is 11.3 Å². The highest BCUT2D eigenvalue weighted by atomic mass is 35.5. The normalized spacial score (nSPS) is 12.6. The van der Waals surface area contributed by atoms with E-state index in [2.05, 4.69) is 4.98 Å². The third-order valence-corrected chi connectivity index (χ3v) is 4.28. The van der Waals surface area contributed by atoms with E-state index in [9.17, 15) is 4.79 Å². The van der Waals surface area contributed by atoms with Crippen LogP contribution in [0.15, 0.2) is 29.6 Å². The lowest BCUT2D eigenvalue weighted by Crippen LogP contribution is -2.28. The number of aromatic nitrogens is 1. The minimum atomic E-state index is -0.780. The average molecular weight is 325 g/mol. The number of hydrogen-bond acceptors (Lipinski definition) is 4. The Morgan fingerprint density at radius 3 is 2.86 bits per heavy atom. The molecule has 2 rings (SSSR count). The van der Waals surface area contributed by atoms with Gasteiger partial charge in [0.1, 0.15) is 5.01 Å². The molecule has 0 amide bonds. The van der Waals surface area contributed by atoms with E-state index in [4.69, 9.17) is 16.7 Å². The Hall–Kier alpha value is -1.43. The zero-order chi connectivity index (χ0) is 15.4. The first-order chi connectivity index (χ1) is 9.97. The SMILES string of the molecule is CC(CN(C)Cc1nc(-c2ccccc2Cl)cs1)C(=O)O. The predicted molar refractivity (Wildman–Crippen MR) is 85.7 cm³/mol. The van der Waals surface area contributed by atoms with Gasteiger partial charge in [-0.2, -0.15) is 0 Å². The van der Waals surface area contributed by atoms with E-state index in [0.717, 1.165) is 16.3 Å². The van der Waals surface area contributed by atoms with Gasteiger partial charge >= 0.3 is 5.97 Å². The van der Waals surface area contributed by atoms with E-state index >= 15 is 0 Å². The fraction of sp³-hybridized carbons (Fsp3) is 0.333. The number of halogens is 1. The minimum Gasteiger partial charge on any atom is -0.481 e. The number of carboxylic acids is 1. The average Bonchev–Trinajstić information content (AvgIpc) is 2.87. The molecule has 0 fully saturated rings. The molecule has 1 unspecified atom stereocenters. The molecule has 1 aromatic carbocycles. The van der Waals surface area contributed by atoms with Gasteiger partial charge in [0.2, 0.25) is 0 Å². The monoisotopic (exact) mass is 324 g/mol. The van der Waals surface area contributed by atoms with Crippen molar-refractivity contribution < 1.29 is 9.90 Å². The number of benzene rings is 1. The Kier molecular flexibility index (Phi) is 5.33. The van der Waals surface area contributed by atoms with Crippen molar-refractivity contribution in [1.82, 2.24) is 9.88 Å². The van der Waals surface area contributed by atoms with E-state index in [0.29, 0.717) is 18.1 Å². The number of thiazole rings is 1. The Balaban J connectivity index is 2.04. The Morgan fingerprint density at radius 1 is 1.48 bits per heavy atom. The molecule has 4 nitrogen and oxygen atoms in total. The van der Waals surface area contributed by atoms with E-state index in [1.54, 1.807) is 18.3 Å². The predicted octanol–water partition coefficient (Wildman–Crippen LogP) is 3.62. The van der Waals surface area contributed by atoms with Crippen molar-refractivity contribution in [3.8, 4) is 11.3 Å². The second-order valence-corrected chi connectivity index (χ2v) is 6.39. The maximum absolute atomic E-state index is 10.9. The number of carbonyl (C=O) groups is 1. The molecule has 2 aromatic rings. The summed E-state index contributed by atoms with van der Waals surface area (Å²) in [6, 6.07) is 7.61. The maximum atomic E-state index is 10.9. The van der Waals surface area contributed by atoms with Crippen molar-refractivity contribution >= 4 is 28.9 Å². The summed E-state index contributed by atoms with van der Waals surface area (Å²) in [5, 5.41) is 12.5. The standard InChI is InChI=1S/C15H17ClN2O2S/c1-10(15(19)20)7-18(2)8-14-17-13(9-21-14)11-5-3-4-6-12(11)16/h3-6,9-10H,7-8H2,1-2H3,(H,19,20). The summed E-state index contributed by atoms with van der Waals surface area (Å²) in [6.45, 7) is 2.83. The van der Waals surface area contributed by atoms with E-state index < -0.39 is 11.9 Å². The summed E-state index contributed by atoms with van der Waals surface area (Å²) in [4.78, 5) is 17.4. The molecule has 0 saturated carbocycles. The van der Waals surface area contributed by atoms with Gasteiger partial charge < -0.3 is 5.11 Å². The van der Waals surface area contributed by atoms with Crippen molar-refractivity contribution in [3.63, 3.8) is 0 Å². The third-order valence-electron chi connectivity index (χ3n) is 3.11. The second-order valence-electron chi connectivity index (χ2n) is 5.04. The van der Waals surface area contributed by atoms with Crippen molar-refractivity contribution in [3.05, 3.63) is 39.7 Å². The van der Waals surface area contributed by atoms with Crippen LogP contribution >= 0.6 is 22.9 Å². The number of hydrogen-bond donors (Lipinski definition) is 1. The molecule has 1 aromatic heterocycles. The maximum Gasteiger partial charge on any atom is 0.307 e. The number of aliphatic carboxylic acids is 1. The molecular formula is C15H17ClN2O2S. The summed E-state index contributed by atoms with van der Waals surface area (Å²) in [5.41, 5.74) is 1.78. The molecule has 0 aliphatic carbocycles. The highest BCUT2D eigenvalue weighted by Crippen LogP contribution is 2.28. The van der Waals surface area contributed by atoms with Gasteiger partial charge in [0.25, 0.3) is 0 Å². The largest absolute Gasteiger partial charge is 0.481 e. The quantitative estimate of drug-likeness (QED) is 0.881. The molecule has 112 valence electrons. The van der Waals surface area contributed by atoms with Crippen LogP contribution in [0.5, 0.6) is 0 Å². The van der Waals surface area contributed by atoms with Crippen molar-refractivity contribution in [1.29, 1.82) is 0 Å². The van der Waals surface area contributed by atoms with Crippen LogP contribution in [0.4, 0.5) is 0 Å². The molecule has 21 heavy (non-hydrogen) atoms. The summed E-state index contributed by atoms with van der Waals surface area (Å²) >= 11 is 7.72. The third kappa shape index (κ3) is 4.27. The molecule has 1 heterocycles. The van der Waals surface area contributed by atoms with Crippen LogP contribution in [0, 0.1) is 5.92 Å². The van der Waals surface area contributed by atoms with E-state index in [-0.39, 0.29) is 0 Å². The molecule has 0 aliphatic rings. The molecule has 0 aliphatic heterocycles. The van der Waals surface area contributed by atoms with Crippen LogP contribution in [-0.4, -0.2) is 34.6 Å². The molecule has 0 radical (unpaired) electrons. The van der Waals surface area contributed by atoms with Gasteiger partial charge in [0.05, 0.1) is 18.2 Å². The van der Waals surface area contributed by atoms with Gasteiger partial charge in [-0.3, -0.25) is 9.69 Å². The van der Waals surface area contributed by atoms with Gasteiger partial charge in [-0.05, 0) is 13.1 Å². The fourth-order valence-electron chi connectivity index (χ4n) is 2.02. The first-order valence-corrected chi connectivity index (χ1v) is 7.83. The molecule has 1 atom stereocenters. The van der Waals surface area contributed by atoms with Crippen molar-refractivity contribution in [2.45, 2.75) is 13.5 Å². The first kappa shape index (κ1) is 15.9. The molecule has 1 N–H and O–H groups in total. The summed E-state index contributed by atoms with van der Waals surface area (Å²) in [5.74, 6) is -1.17. The second kappa shape index (κ2) is 7.02. The Morgan fingerprint density at radius 2 is 2.19 bits per heavy atom. The van der Waals surface area contributed by atoms with Crippen LogP contribution in [0.2, 0.25) is 5.02 Å². The van der Waals surface area contributed by atoms with Gasteiger partial charge in [0.15, 0.2) is 0 Å². The number of carboxylic acid groups (broad SMARTS) is 1. The zero-order valence-electron chi connectivity index (χ0n) is 11.9. The highest BCUT2D eigenvalue weighted by Gasteiger charge is 2.15. The molecule has 0 spiro atoms.